The van der Waals surface area contributed by atoms with Gasteiger partial charge in [-0.05, 0) is 35.9 Å². The van der Waals surface area contributed by atoms with E-state index in [2.05, 4.69) is 10.5 Å². The van der Waals surface area contributed by atoms with Gasteiger partial charge in [-0.15, -0.1) is 0 Å². The second kappa shape index (κ2) is 7.31. The van der Waals surface area contributed by atoms with Crippen LogP contribution in [0, 0.1) is 0 Å². The summed E-state index contributed by atoms with van der Waals surface area (Å²) < 4.78 is 16.8. The quantitative estimate of drug-likeness (QED) is 0.689. The number of rotatable bonds is 3. The average molecular weight is 386 g/mol. The van der Waals surface area contributed by atoms with Gasteiger partial charge in [0, 0.05) is 17.5 Å². The Hall–Kier alpha value is -3.80. The van der Waals surface area contributed by atoms with Crippen molar-refractivity contribution in [3.05, 3.63) is 89.5 Å². The molecule has 0 aromatic heterocycles. The number of benzene rings is 3. The highest BCUT2D eigenvalue weighted by molar-refractivity contribution is 6.05. The SMILES string of the molecule is O=C(N/N=C1\CC(c2ccccc2)Oc2ccccc21)c1ccc2c(c1)OCO2. The van der Waals surface area contributed by atoms with Crippen LogP contribution in [0.1, 0.15) is 34.0 Å². The van der Waals surface area contributed by atoms with Crippen molar-refractivity contribution in [2.45, 2.75) is 12.5 Å². The third-order valence-electron chi connectivity index (χ3n) is 4.94. The minimum Gasteiger partial charge on any atom is -0.485 e. The van der Waals surface area contributed by atoms with E-state index in [4.69, 9.17) is 14.2 Å². The van der Waals surface area contributed by atoms with Crippen molar-refractivity contribution in [3.63, 3.8) is 0 Å². The summed E-state index contributed by atoms with van der Waals surface area (Å²) >= 11 is 0. The van der Waals surface area contributed by atoms with Crippen LogP contribution in [-0.2, 0) is 0 Å². The zero-order valence-electron chi connectivity index (χ0n) is 15.5. The average Bonchev–Trinajstić information content (AvgIpc) is 3.25. The van der Waals surface area contributed by atoms with Crippen LogP contribution >= 0.6 is 0 Å². The van der Waals surface area contributed by atoms with Gasteiger partial charge >= 0.3 is 0 Å². The fourth-order valence-electron chi connectivity index (χ4n) is 3.47. The van der Waals surface area contributed by atoms with Gasteiger partial charge in [-0.1, -0.05) is 42.5 Å². The van der Waals surface area contributed by atoms with Gasteiger partial charge in [-0.25, -0.2) is 5.43 Å². The predicted molar refractivity (Wildman–Crippen MR) is 107 cm³/mol. The van der Waals surface area contributed by atoms with Crippen LogP contribution in [0.15, 0.2) is 77.9 Å². The Kier molecular flexibility index (Phi) is 4.37. The number of nitrogens with one attached hydrogen (secondary N) is 1. The van der Waals surface area contributed by atoms with Crippen LogP contribution in [0.25, 0.3) is 0 Å². The molecule has 2 aliphatic rings. The molecular formula is C23H18N2O4. The standard InChI is InChI=1S/C23H18N2O4/c26-23(16-10-11-20-22(12-16)28-14-27-20)25-24-18-13-21(15-6-2-1-3-7-15)29-19-9-5-4-8-17(18)19/h1-12,21H,13-14H2,(H,25,26)/b24-18+. The maximum absolute atomic E-state index is 12.6. The maximum Gasteiger partial charge on any atom is 0.271 e. The van der Waals surface area contributed by atoms with Crippen molar-refractivity contribution >= 4 is 11.6 Å². The summed E-state index contributed by atoms with van der Waals surface area (Å²) in [6.45, 7) is 0.167. The van der Waals surface area contributed by atoms with E-state index in [1.807, 2.05) is 54.6 Å². The zero-order chi connectivity index (χ0) is 19.6. The molecule has 0 aliphatic carbocycles. The van der Waals surface area contributed by atoms with Gasteiger partial charge in [0.1, 0.15) is 11.9 Å². The first-order valence-electron chi connectivity index (χ1n) is 9.35. The summed E-state index contributed by atoms with van der Waals surface area (Å²) in [6, 6.07) is 22.8. The topological polar surface area (TPSA) is 69.2 Å². The number of carbonyl (C=O) groups is 1. The van der Waals surface area contributed by atoms with Gasteiger partial charge in [0.15, 0.2) is 11.5 Å². The van der Waals surface area contributed by atoms with Crippen molar-refractivity contribution in [3.8, 4) is 17.2 Å². The minimum atomic E-state index is -0.309. The summed E-state index contributed by atoms with van der Waals surface area (Å²) in [7, 11) is 0. The Morgan fingerprint density at radius 3 is 2.59 bits per heavy atom. The van der Waals surface area contributed by atoms with Crippen LogP contribution in [-0.4, -0.2) is 18.4 Å². The molecule has 0 saturated heterocycles. The molecule has 1 amide bonds. The molecule has 29 heavy (non-hydrogen) atoms. The van der Waals surface area contributed by atoms with E-state index in [0.717, 1.165) is 22.6 Å². The second-order valence-electron chi connectivity index (χ2n) is 6.78. The van der Waals surface area contributed by atoms with Gasteiger partial charge in [-0.2, -0.15) is 5.10 Å². The molecule has 144 valence electrons. The van der Waals surface area contributed by atoms with E-state index in [1.165, 1.54) is 0 Å². The van der Waals surface area contributed by atoms with Crippen molar-refractivity contribution in [1.82, 2.24) is 5.43 Å². The third-order valence-corrected chi connectivity index (χ3v) is 4.94. The van der Waals surface area contributed by atoms with Gasteiger partial charge in [-0.3, -0.25) is 4.79 Å². The lowest BCUT2D eigenvalue weighted by atomic mass is 9.96. The second-order valence-corrected chi connectivity index (χ2v) is 6.78. The van der Waals surface area contributed by atoms with Crippen molar-refractivity contribution in [1.29, 1.82) is 0 Å². The van der Waals surface area contributed by atoms with E-state index in [1.54, 1.807) is 18.2 Å². The van der Waals surface area contributed by atoms with Gasteiger partial charge in [0.2, 0.25) is 6.79 Å². The smallest absolute Gasteiger partial charge is 0.271 e. The highest BCUT2D eigenvalue weighted by Gasteiger charge is 2.26. The van der Waals surface area contributed by atoms with Crippen molar-refractivity contribution in [2.75, 3.05) is 6.79 Å². The maximum atomic E-state index is 12.6. The van der Waals surface area contributed by atoms with Gasteiger partial charge < -0.3 is 14.2 Å². The van der Waals surface area contributed by atoms with Crippen LogP contribution < -0.4 is 19.6 Å². The number of hydrogen-bond donors (Lipinski definition) is 1. The molecule has 0 radical (unpaired) electrons. The van der Waals surface area contributed by atoms with Gasteiger partial charge in [0.05, 0.1) is 5.71 Å². The number of fused-ring (bicyclic) bond motifs is 2. The van der Waals surface area contributed by atoms with Gasteiger partial charge in [0.25, 0.3) is 5.91 Å². The number of ether oxygens (including phenoxy) is 3. The zero-order valence-corrected chi connectivity index (χ0v) is 15.5. The number of amides is 1. The molecule has 0 bridgehead atoms. The highest BCUT2D eigenvalue weighted by Crippen LogP contribution is 2.35. The normalized spacial score (nSPS) is 18.1. The molecule has 3 aromatic rings. The monoisotopic (exact) mass is 386 g/mol. The van der Waals surface area contributed by atoms with E-state index in [-0.39, 0.29) is 18.8 Å². The Balaban J connectivity index is 1.41. The lowest BCUT2D eigenvalue weighted by Crippen LogP contribution is -2.25. The van der Waals surface area contributed by atoms with Crippen LogP contribution in [0.2, 0.25) is 0 Å². The fraction of sp³-hybridized carbons (Fsp3) is 0.130. The molecule has 2 heterocycles. The van der Waals surface area contributed by atoms with E-state index >= 15 is 0 Å². The number of hydrogen-bond acceptors (Lipinski definition) is 5. The summed E-state index contributed by atoms with van der Waals surface area (Å²) in [5, 5.41) is 4.44. The Morgan fingerprint density at radius 2 is 1.69 bits per heavy atom. The van der Waals surface area contributed by atoms with E-state index < -0.39 is 0 Å². The molecule has 3 aromatic carbocycles. The van der Waals surface area contributed by atoms with Crippen LogP contribution in [0.5, 0.6) is 17.2 Å². The summed E-state index contributed by atoms with van der Waals surface area (Å²) in [6.07, 6.45) is 0.398. The van der Waals surface area contributed by atoms with Crippen LogP contribution in [0.4, 0.5) is 0 Å². The van der Waals surface area contributed by atoms with E-state index in [9.17, 15) is 4.79 Å². The Labute approximate surface area is 167 Å². The molecule has 6 nitrogen and oxygen atoms in total. The molecular weight excluding hydrogens is 368 g/mol. The molecule has 2 aliphatic heterocycles. The summed E-state index contributed by atoms with van der Waals surface area (Å²) in [5.41, 5.74) is 5.85. The van der Waals surface area contributed by atoms with Crippen LogP contribution in [0.3, 0.4) is 0 Å². The Bertz CT molecular complexity index is 1100. The highest BCUT2D eigenvalue weighted by atomic mass is 16.7. The number of carbonyl (C=O) groups excluding carboxylic acids is 1. The molecule has 0 saturated carbocycles. The molecule has 0 fully saturated rings. The van der Waals surface area contributed by atoms with Crippen molar-refractivity contribution < 1.29 is 19.0 Å². The third kappa shape index (κ3) is 3.40. The number of para-hydroxylation sites is 1. The largest absolute Gasteiger partial charge is 0.485 e. The molecule has 5 rings (SSSR count). The number of hydrazone groups is 1. The lowest BCUT2D eigenvalue weighted by molar-refractivity contribution is 0.0954. The first-order chi connectivity index (χ1) is 14.3. The van der Waals surface area contributed by atoms with Crippen molar-refractivity contribution in [2.24, 2.45) is 5.10 Å². The first kappa shape index (κ1) is 17.3. The number of nitrogens with zero attached hydrogens (tertiary/aromatic N) is 1. The fourth-order valence-corrected chi connectivity index (χ4v) is 3.47. The molecule has 0 spiro atoms. The molecule has 1 N–H and O–H groups in total. The molecule has 1 atom stereocenters. The predicted octanol–water partition coefficient (Wildman–Crippen LogP) is 4.07. The van der Waals surface area contributed by atoms with E-state index in [0.29, 0.717) is 23.5 Å². The minimum absolute atomic E-state index is 0.160. The molecule has 6 heteroatoms. The lowest BCUT2D eigenvalue weighted by Gasteiger charge is -2.27. The Morgan fingerprint density at radius 1 is 0.897 bits per heavy atom. The summed E-state index contributed by atoms with van der Waals surface area (Å²) in [4.78, 5) is 12.6. The summed E-state index contributed by atoms with van der Waals surface area (Å²) in [5.74, 6) is 1.64. The first-order valence-corrected chi connectivity index (χ1v) is 9.35. The molecule has 1 unspecified atom stereocenters.